The predicted molar refractivity (Wildman–Crippen MR) is 87.1 cm³/mol. The van der Waals surface area contributed by atoms with Crippen LogP contribution in [-0.2, 0) is 17.7 Å². The van der Waals surface area contributed by atoms with Gasteiger partial charge < -0.3 is 9.30 Å². The lowest BCUT2D eigenvalue weighted by Crippen LogP contribution is -2.21. The molecule has 3 nitrogen and oxygen atoms in total. The molecule has 0 bridgehead atoms. The summed E-state index contributed by atoms with van der Waals surface area (Å²) in [5.74, 6) is 1.71. The highest BCUT2D eigenvalue weighted by atomic mass is 35.5. The Morgan fingerprint density at radius 3 is 3.05 bits per heavy atom. The first kappa shape index (κ1) is 14.9. The third-order valence-electron chi connectivity index (χ3n) is 4.25. The van der Waals surface area contributed by atoms with Crippen molar-refractivity contribution in [2.75, 3.05) is 12.5 Å². The summed E-state index contributed by atoms with van der Waals surface area (Å²) in [5.41, 5.74) is 3.55. The SMILES string of the molecule is Cc1ccc2c(c1)nc(CCCl)n2CCC1CCCCO1. The van der Waals surface area contributed by atoms with E-state index in [1.165, 1.54) is 30.3 Å². The summed E-state index contributed by atoms with van der Waals surface area (Å²) >= 11 is 5.94. The van der Waals surface area contributed by atoms with E-state index in [1.54, 1.807) is 0 Å². The van der Waals surface area contributed by atoms with Crippen molar-refractivity contribution < 1.29 is 4.74 Å². The molecule has 2 heterocycles. The number of aryl methyl sites for hydroxylation is 3. The minimum absolute atomic E-state index is 0.408. The van der Waals surface area contributed by atoms with Gasteiger partial charge in [-0.2, -0.15) is 0 Å². The van der Waals surface area contributed by atoms with Crippen LogP contribution in [0.1, 0.15) is 37.1 Å². The van der Waals surface area contributed by atoms with E-state index in [1.807, 2.05) is 0 Å². The van der Waals surface area contributed by atoms with Gasteiger partial charge in [0, 0.05) is 25.5 Å². The van der Waals surface area contributed by atoms with Gasteiger partial charge in [-0.1, -0.05) is 6.07 Å². The van der Waals surface area contributed by atoms with Crippen molar-refractivity contribution >= 4 is 22.6 Å². The Balaban J connectivity index is 1.82. The number of ether oxygens (including phenoxy) is 1. The maximum Gasteiger partial charge on any atom is 0.111 e. The van der Waals surface area contributed by atoms with Crippen molar-refractivity contribution in [1.82, 2.24) is 9.55 Å². The highest BCUT2D eigenvalue weighted by Crippen LogP contribution is 2.22. The van der Waals surface area contributed by atoms with Crippen LogP contribution in [0.15, 0.2) is 18.2 Å². The van der Waals surface area contributed by atoms with Gasteiger partial charge in [0.05, 0.1) is 17.1 Å². The van der Waals surface area contributed by atoms with Crippen LogP contribution in [0.4, 0.5) is 0 Å². The van der Waals surface area contributed by atoms with Crippen molar-refractivity contribution in [2.45, 2.75) is 51.7 Å². The summed E-state index contributed by atoms with van der Waals surface area (Å²) < 4.78 is 8.18. The van der Waals surface area contributed by atoms with Gasteiger partial charge in [0.2, 0.25) is 0 Å². The number of halogens is 1. The number of imidazole rings is 1. The largest absolute Gasteiger partial charge is 0.378 e. The molecule has 1 fully saturated rings. The molecule has 0 aliphatic carbocycles. The van der Waals surface area contributed by atoms with Gasteiger partial charge in [-0.15, -0.1) is 11.6 Å². The Bertz CT molecular complexity index is 602. The van der Waals surface area contributed by atoms with Gasteiger partial charge in [-0.25, -0.2) is 4.98 Å². The summed E-state index contributed by atoms with van der Waals surface area (Å²) in [4.78, 5) is 4.76. The lowest BCUT2D eigenvalue weighted by molar-refractivity contribution is 0.00887. The van der Waals surface area contributed by atoms with E-state index in [2.05, 4.69) is 29.7 Å². The molecular weight excluding hydrogens is 284 g/mol. The Morgan fingerprint density at radius 2 is 2.29 bits per heavy atom. The van der Waals surface area contributed by atoms with Gasteiger partial charge in [-0.3, -0.25) is 0 Å². The van der Waals surface area contributed by atoms with Crippen LogP contribution in [0.25, 0.3) is 11.0 Å². The second-order valence-corrected chi connectivity index (χ2v) is 6.27. The van der Waals surface area contributed by atoms with Crippen molar-refractivity contribution in [1.29, 1.82) is 0 Å². The average molecular weight is 307 g/mol. The molecular formula is C17H23ClN2O. The Labute approximate surface area is 131 Å². The molecule has 0 amide bonds. The van der Waals surface area contributed by atoms with E-state index in [-0.39, 0.29) is 0 Å². The van der Waals surface area contributed by atoms with E-state index in [9.17, 15) is 0 Å². The van der Waals surface area contributed by atoms with E-state index in [0.29, 0.717) is 12.0 Å². The molecule has 0 spiro atoms. The standard InChI is InChI=1S/C17H23ClN2O/c1-13-5-6-16-15(12-13)19-17(7-9-18)20(16)10-8-14-4-2-3-11-21-14/h5-6,12,14H,2-4,7-11H2,1H3. The number of hydrogen-bond donors (Lipinski definition) is 0. The molecule has 1 unspecified atom stereocenters. The Morgan fingerprint density at radius 1 is 1.38 bits per heavy atom. The molecule has 114 valence electrons. The monoisotopic (exact) mass is 306 g/mol. The first-order chi connectivity index (χ1) is 10.3. The average Bonchev–Trinajstić information content (AvgIpc) is 2.83. The van der Waals surface area contributed by atoms with Crippen LogP contribution < -0.4 is 0 Å². The summed E-state index contributed by atoms with van der Waals surface area (Å²) in [5, 5.41) is 0. The fourth-order valence-corrected chi connectivity index (χ4v) is 3.29. The highest BCUT2D eigenvalue weighted by molar-refractivity contribution is 6.17. The Hall–Kier alpha value is -1.06. The molecule has 4 heteroatoms. The first-order valence-corrected chi connectivity index (χ1v) is 8.44. The maximum absolute atomic E-state index is 5.94. The zero-order chi connectivity index (χ0) is 14.7. The van der Waals surface area contributed by atoms with Gasteiger partial charge in [0.1, 0.15) is 5.82 Å². The predicted octanol–water partition coefficient (Wildman–Crippen LogP) is 4.09. The summed E-state index contributed by atoms with van der Waals surface area (Å²) in [6.45, 7) is 4.00. The van der Waals surface area contributed by atoms with Crippen LogP contribution in [0.3, 0.4) is 0 Å². The minimum atomic E-state index is 0.408. The molecule has 1 aromatic heterocycles. The number of rotatable bonds is 5. The second kappa shape index (κ2) is 6.80. The third kappa shape index (κ3) is 3.41. The lowest BCUT2D eigenvalue weighted by Gasteiger charge is -2.23. The van der Waals surface area contributed by atoms with Crippen LogP contribution in [0.5, 0.6) is 0 Å². The molecule has 0 radical (unpaired) electrons. The number of alkyl halides is 1. The topological polar surface area (TPSA) is 27.1 Å². The van der Waals surface area contributed by atoms with E-state index < -0.39 is 0 Å². The highest BCUT2D eigenvalue weighted by Gasteiger charge is 2.16. The molecule has 1 saturated heterocycles. The van der Waals surface area contributed by atoms with Gasteiger partial charge >= 0.3 is 0 Å². The Kier molecular flexibility index (Phi) is 4.81. The summed E-state index contributed by atoms with van der Waals surface area (Å²) in [6, 6.07) is 6.49. The molecule has 1 atom stereocenters. The molecule has 1 aliphatic rings. The molecule has 0 saturated carbocycles. The zero-order valence-corrected chi connectivity index (χ0v) is 13.4. The van der Waals surface area contributed by atoms with E-state index in [0.717, 1.165) is 37.3 Å². The normalized spacial score (nSPS) is 19.2. The third-order valence-corrected chi connectivity index (χ3v) is 4.44. The molecule has 21 heavy (non-hydrogen) atoms. The van der Waals surface area contributed by atoms with E-state index >= 15 is 0 Å². The molecule has 2 aromatic rings. The summed E-state index contributed by atoms with van der Waals surface area (Å²) in [7, 11) is 0. The second-order valence-electron chi connectivity index (χ2n) is 5.89. The minimum Gasteiger partial charge on any atom is -0.378 e. The van der Waals surface area contributed by atoms with Gasteiger partial charge in [0.25, 0.3) is 0 Å². The van der Waals surface area contributed by atoms with Crippen molar-refractivity contribution in [3.05, 3.63) is 29.6 Å². The number of hydrogen-bond acceptors (Lipinski definition) is 2. The maximum atomic E-state index is 5.94. The lowest BCUT2D eigenvalue weighted by atomic mass is 10.1. The van der Waals surface area contributed by atoms with Crippen LogP contribution in [0, 0.1) is 6.92 Å². The molecule has 0 N–H and O–H groups in total. The van der Waals surface area contributed by atoms with Crippen molar-refractivity contribution in [3.63, 3.8) is 0 Å². The number of nitrogens with zero attached hydrogens (tertiary/aromatic N) is 2. The summed E-state index contributed by atoms with van der Waals surface area (Å²) in [6.07, 6.45) is 5.99. The fourth-order valence-electron chi connectivity index (χ4n) is 3.12. The number of fused-ring (bicyclic) bond motifs is 1. The van der Waals surface area contributed by atoms with Crippen LogP contribution >= 0.6 is 11.6 Å². The smallest absolute Gasteiger partial charge is 0.111 e. The number of benzene rings is 1. The van der Waals surface area contributed by atoms with Crippen LogP contribution in [-0.4, -0.2) is 28.1 Å². The molecule has 3 rings (SSSR count). The van der Waals surface area contributed by atoms with Crippen molar-refractivity contribution in [3.8, 4) is 0 Å². The fraction of sp³-hybridized carbons (Fsp3) is 0.588. The zero-order valence-electron chi connectivity index (χ0n) is 12.6. The molecule has 1 aromatic carbocycles. The number of aromatic nitrogens is 2. The first-order valence-electron chi connectivity index (χ1n) is 7.91. The van der Waals surface area contributed by atoms with Crippen molar-refractivity contribution in [2.24, 2.45) is 0 Å². The van der Waals surface area contributed by atoms with Gasteiger partial charge in [-0.05, 0) is 50.3 Å². The quantitative estimate of drug-likeness (QED) is 0.778. The van der Waals surface area contributed by atoms with Gasteiger partial charge in [0.15, 0.2) is 0 Å². The molecule has 1 aliphatic heterocycles. The van der Waals surface area contributed by atoms with Crippen LogP contribution in [0.2, 0.25) is 0 Å². The van der Waals surface area contributed by atoms with E-state index in [4.69, 9.17) is 21.3 Å².